The van der Waals surface area contributed by atoms with E-state index in [9.17, 15) is 18.0 Å². The van der Waals surface area contributed by atoms with Crippen LogP contribution < -0.4 is 14.4 Å². The molecule has 1 aliphatic carbocycles. The fourth-order valence-electron chi connectivity index (χ4n) is 5.19. The smallest absolute Gasteiger partial charge is 0.264 e. The van der Waals surface area contributed by atoms with Crippen LogP contribution >= 0.6 is 11.6 Å². The highest BCUT2D eigenvalue weighted by atomic mass is 35.5. The molecule has 42 heavy (non-hydrogen) atoms. The van der Waals surface area contributed by atoms with Crippen molar-refractivity contribution in [1.29, 1.82) is 0 Å². The Morgan fingerprint density at radius 1 is 0.976 bits per heavy atom. The van der Waals surface area contributed by atoms with Gasteiger partial charge in [0.2, 0.25) is 11.8 Å². The molecular formula is C32H38ClN3O5S. The number of rotatable bonds is 12. The molecule has 224 valence electrons. The van der Waals surface area contributed by atoms with Crippen molar-refractivity contribution >= 4 is 39.1 Å². The molecule has 0 radical (unpaired) electrons. The van der Waals surface area contributed by atoms with E-state index in [0.717, 1.165) is 41.1 Å². The molecule has 1 fully saturated rings. The lowest BCUT2D eigenvalue weighted by atomic mass is 10.1. The Balaban J connectivity index is 1.70. The summed E-state index contributed by atoms with van der Waals surface area (Å²) in [5.41, 5.74) is 2.20. The van der Waals surface area contributed by atoms with Crippen LogP contribution in [-0.2, 0) is 26.2 Å². The Labute approximate surface area is 253 Å². The van der Waals surface area contributed by atoms with Crippen LogP contribution in [0.4, 0.5) is 5.69 Å². The lowest BCUT2D eigenvalue weighted by Crippen LogP contribution is -2.53. The van der Waals surface area contributed by atoms with E-state index in [0.29, 0.717) is 17.2 Å². The predicted molar refractivity (Wildman–Crippen MR) is 165 cm³/mol. The molecule has 10 heteroatoms. The summed E-state index contributed by atoms with van der Waals surface area (Å²) < 4.78 is 34.2. The maximum Gasteiger partial charge on any atom is 0.264 e. The van der Waals surface area contributed by atoms with E-state index in [4.69, 9.17) is 16.3 Å². The van der Waals surface area contributed by atoms with Crippen LogP contribution in [0, 0.1) is 6.92 Å². The number of amides is 2. The van der Waals surface area contributed by atoms with Crippen LogP contribution in [0.5, 0.6) is 5.75 Å². The van der Waals surface area contributed by atoms with Gasteiger partial charge in [-0.15, -0.1) is 0 Å². The van der Waals surface area contributed by atoms with E-state index in [-0.39, 0.29) is 29.1 Å². The number of carbonyl (C=O) groups excluding carboxylic acids is 2. The highest BCUT2D eigenvalue weighted by molar-refractivity contribution is 7.92. The number of hydrogen-bond acceptors (Lipinski definition) is 5. The monoisotopic (exact) mass is 611 g/mol. The first-order valence-corrected chi connectivity index (χ1v) is 16.0. The number of methoxy groups -OCH3 is 1. The fraction of sp³-hybridized carbons (Fsp3) is 0.375. The van der Waals surface area contributed by atoms with Crippen molar-refractivity contribution in [3.8, 4) is 5.75 Å². The minimum Gasteiger partial charge on any atom is -0.497 e. The zero-order valence-electron chi connectivity index (χ0n) is 24.3. The van der Waals surface area contributed by atoms with Gasteiger partial charge in [0.05, 0.1) is 17.7 Å². The number of benzene rings is 3. The number of nitrogens with one attached hydrogen (secondary N) is 1. The lowest BCUT2D eigenvalue weighted by Gasteiger charge is -2.33. The number of halogens is 1. The summed E-state index contributed by atoms with van der Waals surface area (Å²) in [7, 11) is -2.69. The fourth-order valence-corrected chi connectivity index (χ4v) is 6.73. The molecule has 0 saturated heterocycles. The largest absolute Gasteiger partial charge is 0.497 e. The maximum atomic E-state index is 14.2. The zero-order chi connectivity index (χ0) is 30.3. The molecule has 8 nitrogen and oxygen atoms in total. The molecule has 1 atom stereocenters. The van der Waals surface area contributed by atoms with Crippen molar-refractivity contribution in [3.63, 3.8) is 0 Å². The van der Waals surface area contributed by atoms with Crippen molar-refractivity contribution in [2.75, 3.05) is 18.0 Å². The molecule has 1 aliphatic rings. The molecule has 0 spiro atoms. The molecule has 0 aromatic heterocycles. The van der Waals surface area contributed by atoms with E-state index in [2.05, 4.69) is 5.32 Å². The molecule has 3 aromatic rings. The van der Waals surface area contributed by atoms with Crippen LogP contribution in [0.1, 0.15) is 50.2 Å². The number of nitrogens with zero attached hydrogens (tertiary/aromatic N) is 2. The van der Waals surface area contributed by atoms with Gasteiger partial charge in [0, 0.05) is 17.6 Å². The van der Waals surface area contributed by atoms with Gasteiger partial charge in [0.25, 0.3) is 10.0 Å². The topological polar surface area (TPSA) is 96.0 Å². The van der Waals surface area contributed by atoms with Gasteiger partial charge < -0.3 is 15.0 Å². The third kappa shape index (κ3) is 7.63. The average molecular weight is 612 g/mol. The summed E-state index contributed by atoms with van der Waals surface area (Å²) in [5, 5.41) is 3.56. The molecule has 0 heterocycles. The van der Waals surface area contributed by atoms with Gasteiger partial charge in [-0.25, -0.2) is 8.42 Å². The summed E-state index contributed by atoms with van der Waals surface area (Å²) in [6.45, 7) is 3.49. The summed E-state index contributed by atoms with van der Waals surface area (Å²) in [6.07, 6.45) is 4.33. The van der Waals surface area contributed by atoms with Gasteiger partial charge in [0.15, 0.2) is 0 Å². The highest BCUT2D eigenvalue weighted by Gasteiger charge is 2.34. The molecule has 1 saturated carbocycles. The van der Waals surface area contributed by atoms with Gasteiger partial charge in [-0.05, 0) is 80.3 Å². The third-order valence-corrected chi connectivity index (χ3v) is 9.64. The maximum absolute atomic E-state index is 14.2. The second kappa shape index (κ2) is 14.1. The Bertz CT molecular complexity index is 1460. The van der Waals surface area contributed by atoms with Crippen LogP contribution in [0.25, 0.3) is 0 Å². The Morgan fingerprint density at radius 2 is 1.60 bits per heavy atom. The third-order valence-electron chi connectivity index (χ3n) is 7.60. The number of ether oxygens (including phenoxy) is 1. The van der Waals surface area contributed by atoms with Crippen LogP contribution in [0.3, 0.4) is 0 Å². The second-order valence-corrected chi connectivity index (χ2v) is 12.9. The van der Waals surface area contributed by atoms with Crippen molar-refractivity contribution in [1.82, 2.24) is 10.2 Å². The van der Waals surface area contributed by atoms with Crippen LogP contribution in [0.15, 0.2) is 77.7 Å². The van der Waals surface area contributed by atoms with E-state index in [1.54, 1.807) is 36.4 Å². The van der Waals surface area contributed by atoms with Crippen molar-refractivity contribution < 1.29 is 22.7 Å². The molecule has 0 aliphatic heterocycles. The van der Waals surface area contributed by atoms with Crippen LogP contribution in [-0.4, -0.2) is 50.9 Å². The predicted octanol–water partition coefficient (Wildman–Crippen LogP) is 5.72. The first kappa shape index (κ1) is 31.4. The zero-order valence-corrected chi connectivity index (χ0v) is 25.8. The van der Waals surface area contributed by atoms with E-state index >= 15 is 0 Å². The van der Waals surface area contributed by atoms with Crippen molar-refractivity contribution in [3.05, 3.63) is 88.9 Å². The molecule has 0 bridgehead atoms. The first-order chi connectivity index (χ1) is 20.1. The number of carbonyl (C=O) groups is 2. The van der Waals surface area contributed by atoms with Crippen LogP contribution in [0.2, 0.25) is 5.02 Å². The molecule has 3 aromatic carbocycles. The SMILES string of the molecule is CC[C@H](C(=O)NC1CCCC1)N(Cc1ccc(C)cc1)C(=O)CN(c1ccc(Cl)cc1)S(=O)(=O)c1ccc(OC)cc1. The molecule has 0 unspecified atom stereocenters. The second-order valence-electron chi connectivity index (χ2n) is 10.6. The van der Waals surface area contributed by atoms with E-state index in [1.165, 1.54) is 24.1 Å². The minimum absolute atomic E-state index is 0.00199. The Kier molecular flexibility index (Phi) is 10.5. The number of anilines is 1. The molecular weight excluding hydrogens is 574 g/mol. The summed E-state index contributed by atoms with van der Waals surface area (Å²) in [6, 6.07) is 19.3. The van der Waals surface area contributed by atoms with Gasteiger partial charge >= 0.3 is 0 Å². The van der Waals surface area contributed by atoms with Gasteiger partial charge in [-0.2, -0.15) is 0 Å². The number of sulfonamides is 1. The highest BCUT2D eigenvalue weighted by Crippen LogP contribution is 2.27. The van der Waals surface area contributed by atoms with Gasteiger partial charge in [-0.3, -0.25) is 13.9 Å². The average Bonchev–Trinajstić information content (AvgIpc) is 3.50. The van der Waals surface area contributed by atoms with Gasteiger partial charge in [0.1, 0.15) is 18.3 Å². The molecule has 2 amide bonds. The lowest BCUT2D eigenvalue weighted by molar-refractivity contribution is -0.140. The molecule has 4 rings (SSSR count). The Morgan fingerprint density at radius 3 is 2.17 bits per heavy atom. The summed E-state index contributed by atoms with van der Waals surface area (Å²) in [5.74, 6) is -0.205. The van der Waals surface area contributed by atoms with E-state index < -0.39 is 28.5 Å². The van der Waals surface area contributed by atoms with Crippen molar-refractivity contribution in [2.45, 2.75) is 69.5 Å². The van der Waals surface area contributed by atoms with Crippen molar-refractivity contribution in [2.24, 2.45) is 0 Å². The van der Waals surface area contributed by atoms with E-state index in [1.807, 2.05) is 38.1 Å². The number of hydrogen-bond donors (Lipinski definition) is 1. The summed E-state index contributed by atoms with van der Waals surface area (Å²) in [4.78, 5) is 29.2. The van der Waals surface area contributed by atoms with Gasteiger partial charge in [-0.1, -0.05) is 61.2 Å². The molecule has 1 N–H and O–H groups in total. The Hall–Kier alpha value is -3.56. The standard InChI is InChI=1S/C32H38ClN3O5S/c1-4-30(32(38)34-26-7-5-6-8-26)35(21-24-11-9-23(2)10-12-24)31(37)22-36(27-15-13-25(33)14-16-27)42(39,40)29-19-17-28(41-3)18-20-29/h9-20,26,30H,4-8,21-22H2,1-3H3,(H,34,38)/t30-/m1/s1. The summed E-state index contributed by atoms with van der Waals surface area (Å²) >= 11 is 6.10. The normalized spacial score (nSPS) is 14.3. The minimum atomic E-state index is -4.18. The first-order valence-electron chi connectivity index (χ1n) is 14.2. The quantitative estimate of drug-likeness (QED) is 0.283. The number of aryl methyl sites for hydroxylation is 1.